The number of benzene rings is 1. The molecule has 0 aliphatic heterocycles. The van der Waals surface area contributed by atoms with Crippen LogP contribution in [0.5, 0.6) is 0 Å². The molecule has 0 spiro atoms. The molecule has 2 rings (SSSR count). The van der Waals surface area contributed by atoms with E-state index in [2.05, 4.69) is 27.6 Å². The zero-order chi connectivity index (χ0) is 13.9. The molecule has 0 atom stereocenters. The van der Waals surface area contributed by atoms with Crippen molar-refractivity contribution in [3.05, 3.63) is 28.7 Å². The zero-order valence-corrected chi connectivity index (χ0v) is 13.6. The Morgan fingerprint density at radius 2 is 1.89 bits per heavy atom. The molecule has 0 unspecified atom stereocenters. The zero-order valence-electron chi connectivity index (χ0n) is 11.2. The van der Waals surface area contributed by atoms with E-state index in [0.29, 0.717) is 15.9 Å². The molecule has 1 N–H and O–H groups in total. The van der Waals surface area contributed by atoms with Gasteiger partial charge in [0.15, 0.2) is 0 Å². The second-order valence-corrected chi connectivity index (χ2v) is 7.91. The summed E-state index contributed by atoms with van der Waals surface area (Å²) in [4.78, 5) is 0.319. The molecule has 0 bridgehead atoms. The Morgan fingerprint density at radius 3 is 2.47 bits per heavy atom. The predicted molar refractivity (Wildman–Crippen MR) is 80.5 cm³/mol. The molecule has 106 valence electrons. The maximum Gasteiger partial charge on any atom is 0.241 e. The Bertz CT molecular complexity index is 536. The Balaban J connectivity index is 2.12. The fourth-order valence-electron chi connectivity index (χ4n) is 2.77. The average molecular weight is 346 g/mol. The van der Waals surface area contributed by atoms with E-state index in [4.69, 9.17) is 0 Å². The maximum absolute atomic E-state index is 12.3. The summed E-state index contributed by atoms with van der Waals surface area (Å²) >= 11 is 3.30. The minimum atomic E-state index is -3.42. The number of rotatable bonds is 5. The second-order valence-electron chi connectivity index (χ2n) is 5.32. The summed E-state index contributed by atoms with van der Waals surface area (Å²) in [7, 11) is -3.42. The lowest BCUT2D eigenvalue weighted by atomic mass is 9.84. The highest BCUT2D eigenvalue weighted by molar-refractivity contribution is 9.10. The number of hydrogen-bond acceptors (Lipinski definition) is 2. The summed E-state index contributed by atoms with van der Waals surface area (Å²) in [6.07, 6.45) is 5.71. The van der Waals surface area contributed by atoms with Crippen LogP contribution in [-0.4, -0.2) is 15.0 Å². The quantitative estimate of drug-likeness (QED) is 0.884. The van der Waals surface area contributed by atoms with E-state index in [1.54, 1.807) is 18.2 Å². The van der Waals surface area contributed by atoms with Crippen LogP contribution in [0.25, 0.3) is 0 Å². The minimum absolute atomic E-state index is 0.161. The molecule has 3 nitrogen and oxygen atoms in total. The van der Waals surface area contributed by atoms with Crippen molar-refractivity contribution in [3.63, 3.8) is 0 Å². The summed E-state index contributed by atoms with van der Waals surface area (Å²) < 4.78 is 28.1. The fourth-order valence-corrected chi connectivity index (χ4v) is 4.93. The summed E-state index contributed by atoms with van der Waals surface area (Å²) in [5.41, 5.74) is 0.161. The van der Waals surface area contributed by atoms with Crippen molar-refractivity contribution in [2.45, 2.75) is 43.9 Å². The van der Waals surface area contributed by atoms with Crippen LogP contribution in [0, 0.1) is 5.41 Å². The van der Waals surface area contributed by atoms with E-state index in [1.165, 1.54) is 12.8 Å². The van der Waals surface area contributed by atoms with Gasteiger partial charge < -0.3 is 0 Å². The lowest BCUT2D eigenvalue weighted by Gasteiger charge is -2.27. The van der Waals surface area contributed by atoms with E-state index >= 15 is 0 Å². The summed E-state index contributed by atoms with van der Waals surface area (Å²) in [6.45, 7) is 2.70. The van der Waals surface area contributed by atoms with Gasteiger partial charge in [-0.2, -0.15) is 0 Å². The van der Waals surface area contributed by atoms with Crippen LogP contribution in [-0.2, 0) is 10.0 Å². The van der Waals surface area contributed by atoms with Gasteiger partial charge in [-0.15, -0.1) is 0 Å². The van der Waals surface area contributed by atoms with E-state index in [1.807, 2.05) is 6.07 Å². The molecule has 0 radical (unpaired) electrons. The fraction of sp³-hybridized carbons (Fsp3) is 0.571. The lowest BCUT2D eigenvalue weighted by molar-refractivity contribution is 0.285. The monoisotopic (exact) mass is 345 g/mol. The van der Waals surface area contributed by atoms with Crippen molar-refractivity contribution < 1.29 is 8.42 Å². The Labute approximate surface area is 124 Å². The maximum atomic E-state index is 12.3. The van der Waals surface area contributed by atoms with Crippen LogP contribution in [0.2, 0.25) is 0 Å². The van der Waals surface area contributed by atoms with Crippen LogP contribution in [0.4, 0.5) is 0 Å². The van der Waals surface area contributed by atoms with E-state index < -0.39 is 10.0 Å². The van der Waals surface area contributed by atoms with Crippen LogP contribution >= 0.6 is 15.9 Å². The summed E-state index contributed by atoms with van der Waals surface area (Å²) in [5.74, 6) is 0. The van der Waals surface area contributed by atoms with Gasteiger partial charge in [0.25, 0.3) is 0 Å². The van der Waals surface area contributed by atoms with Crippen LogP contribution < -0.4 is 4.72 Å². The van der Waals surface area contributed by atoms with Gasteiger partial charge in [0, 0.05) is 11.0 Å². The first-order chi connectivity index (χ1) is 8.99. The highest BCUT2D eigenvalue weighted by atomic mass is 79.9. The first-order valence-corrected chi connectivity index (χ1v) is 9.01. The highest BCUT2D eigenvalue weighted by Crippen LogP contribution is 2.40. The van der Waals surface area contributed by atoms with Crippen molar-refractivity contribution in [2.24, 2.45) is 5.41 Å². The topological polar surface area (TPSA) is 46.2 Å². The van der Waals surface area contributed by atoms with Crippen LogP contribution in [0.1, 0.15) is 39.0 Å². The van der Waals surface area contributed by atoms with Gasteiger partial charge in [0.1, 0.15) is 0 Å². The standard InChI is InChI=1S/C14H20BrNO2S/c1-2-14(9-5-6-10-14)11-16-19(17,18)13-8-4-3-7-12(13)15/h3-4,7-8,16H,2,5-6,9-11H2,1H3. The second kappa shape index (κ2) is 5.94. The molecule has 1 aliphatic carbocycles. The molecule has 1 fully saturated rings. The van der Waals surface area contributed by atoms with Gasteiger partial charge in [-0.05, 0) is 52.7 Å². The number of halogens is 1. The Hall–Kier alpha value is -0.390. The molecule has 0 amide bonds. The smallest absolute Gasteiger partial charge is 0.211 e. The minimum Gasteiger partial charge on any atom is -0.211 e. The van der Waals surface area contributed by atoms with Gasteiger partial charge in [-0.1, -0.05) is 31.9 Å². The Kier molecular flexibility index (Phi) is 4.69. The summed E-state index contributed by atoms with van der Waals surface area (Å²) in [5, 5.41) is 0. The molecular formula is C14H20BrNO2S. The molecule has 0 heterocycles. The molecule has 1 aromatic carbocycles. The van der Waals surface area contributed by atoms with E-state index in [0.717, 1.165) is 19.3 Å². The lowest BCUT2D eigenvalue weighted by Crippen LogP contribution is -2.35. The third-order valence-electron chi connectivity index (χ3n) is 4.18. The van der Waals surface area contributed by atoms with E-state index in [9.17, 15) is 8.42 Å². The van der Waals surface area contributed by atoms with Crippen LogP contribution in [0.3, 0.4) is 0 Å². The van der Waals surface area contributed by atoms with Crippen molar-refractivity contribution in [3.8, 4) is 0 Å². The number of hydrogen-bond donors (Lipinski definition) is 1. The molecule has 1 saturated carbocycles. The normalized spacial score (nSPS) is 18.6. The third-order valence-corrected chi connectivity index (χ3v) is 6.59. The SMILES string of the molecule is CCC1(CNS(=O)(=O)c2ccccc2Br)CCCC1. The molecular weight excluding hydrogens is 326 g/mol. The first kappa shape index (κ1) is 15.0. The van der Waals surface area contributed by atoms with Crippen molar-refractivity contribution in [2.75, 3.05) is 6.54 Å². The van der Waals surface area contributed by atoms with Crippen molar-refractivity contribution >= 4 is 26.0 Å². The van der Waals surface area contributed by atoms with Gasteiger partial charge in [-0.25, -0.2) is 13.1 Å². The molecule has 19 heavy (non-hydrogen) atoms. The highest BCUT2D eigenvalue weighted by Gasteiger charge is 2.33. The van der Waals surface area contributed by atoms with Gasteiger partial charge >= 0.3 is 0 Å². The largest absolute Gasteiger partial charge is 0.241 e. The van der Waals surface area contributed by atoms with Gasteiger partial charge in [0.05, 0.1) is 4.90 Å². The van der Waals surface area contributed by atoms with Gasteiger partial charge in [-0.3, -0.25) is 0 Å². The molecule has 0 saturated heterocycles. The molecule has 0 aromatic heterocycles. The van der Waals surface area contributed by atoms with Crippen LogP contribution in [0.15, 0.2) is 33.6 Å². The molecule has 5 heteroatoms. The third kappa shape index (κ3) is 3.38. The van der Waals surface area contributed by atoms with Gasteiger partial charge in [0.2, 0.25) is 10.0 Å². The number of sulfonamides is 1. The average Bonchev–Trinajstić information content (AvgIpc) is 2.86. The van der Waals surface area contributed by atoms with Crippen molar-refractivity contribution in [1.29, 1.82) is 0 Å². The van der Waals surface area contributed by atoms with E-state index in [-0.39, 0.29) is 5.41 Å². The first-order valence-electron chi connectivity index (χ1n) is 6.73. The summed E-state index contributed by atoms with van der Waals surface area (Å²) in [6, 6.07) is 6.93. The van der Waals surface area contributed by atoms with Crippen molar-refractivity contribution in [1.82, 2.24) is 4.72 Å². The molecule has 1 aromatic rings. The molecule has 1 aliphatic rings. The number of nitrogens with one attached hydrogen (secondary N) is 1. The predicted octanol–water partition coefficient (Wildman–Crippen LogP) is 3.70. The Morgan fingerprint density at radius 1 is 1.26 bits per heavy atom.